The number of aliphatic imine (C=N–C) groups is 1. The van der Waals surface area contributed by atoms with Crippen LogP contribution >= 0.6 is 0 Å². The molecule has 3 aromatic rings. The summed E-state index contributed by atoms with van der Waals surface area (Å²) in [5.41, 5.74) is 5.54. The van der Waals surface area contributed by atoms with Crippen molar-refractivity contribution < 1.29 is 13.5 Å². The van der Waals surface area contributed by atoms with Crippen LogP contribution in [0.1, 0.15) is 57.6 Å². The largest absolute Gasteiger partial charge is 0.470 e. The van der Waals surface area contributed by atoms with Crippen molar-refractivity contribution in [2.24, 2.45) is 10.9 Å². The van der Waals surface area contributed by atoms with E-state index in [4.69, 9.17) is 4.74 Å². The lowest BCUT2D eigenvalue weighted by atomic mass is 9.83. The van der Waals surface area contributed by atoms with Gasteiger partial charge in [-0.05, 0) is 37.7 Å². The summed E-state index contributed by atoms with van der Waals surface area (Å²) in [4.78, 5) is 13.2. The molecule has 3 aromatic heterocycles. The Balaban J connectivity index is 1.35. The van der Waals surface area contributed by atoms with Crippen LogP contribution in [0.2, 0.25) is 0 Å². The molecule has 1 atom stereocenters. The maximum atomic E-state index is 13.0. The quantitative estimate of drug-likeness (QED) is 0.509. The Morgan fingerprint density at radius 2 is 2.06 bits per heavy atom. The van der Waals surface area contributed by atoms with Gasteiger partial charge in [-0.3, -0.25) is 19.8 Å². The number of nitrogens with one attached hydrogen (secondary N) is 2. The molecule has 0 spiro atoms. The van der Waals surface area contributed by atoms with E-state index < -0.39 is 19.3 Å². The first-order valence-corrected chi connectivity index (χ1v) is 12.1. The zero-order valence-electron chi connectivity index (χ0n) is 19.3. The Hall–Kier alpha value is -3.01. The van der Waals surface area contributed by atoms with Crippen LogP contribution in [0.4, 0.5) is 8.78 Å². The zero-order valence-corrected chi connectivity index (χ0v) is 19.3. The van der Waals surface area contributed by atoms with Crippen molar-refractivity contribution in [1.29, 1.82) is 0 Å². The van der Waals surface area contributed by atoms with Crippen molar-refractivity contribution in [3.63, 3.8) is 0 Å². The molecule has 0 aromatic carbocycles. The Morgan fingerprint density at radius 1 is 1.21 bits per heavy atom. The Bertz CT molecular complexity index is 1130. The third-order valence-electron chi connectivity index (χ3n) is 6.71. The molecule has 8 nitrogen and oxygen atoms in total. The van der Waals surface area contributed by atoms with E-state index in [2.05, 4.69) is 32.6 Å². The monoisotopic (exact) mass is 471 g/mol. The van der Waals surface area contributed by atoms with Crippen LogP contribution in [0, 0.1) is 5.92 Å². The van der Waals surface area contributed by atoms with Crippen LogP contribution in [0.5, 0.6) is 0 Å². The lowest BCUT2D eigenvalue weighted by Crippen LogP contribution is -2.49. The van der Waals surface area contributed by atoms with Crippen molar-refractivity contribution >= 4 is 11.7 Å². The highest BCUT2D eigenvalue weighted by Crippen LogP contribution is 2.30. The fourth-order valence-electron chi connectivity index (χ4n) is 4.94. The van der Waals surface area contributed by atoms with Gasteiger partial charge in [-0.15, -0.1) is 0 Å². The van der Waals surface area contributed by atoms with Crippen LogP contribution in [0.15, 0.2) is 42.0 Å². The molecule has 2 aliphatic rings. The standard InChI is InChI=1S/C24H31F2N7O/c1-2-3-4-16-5-7-18(8-6-16)29-23-30-22(34-15-20(25)26)21-19(9-11-33(21)31-23)17-13-28-24-27-10-12-32(24)14-17/h9-14,16,18,20,23,29,31H,2-8,15H2,1H3. The number of hydrogen-bond donors (Lipinski definition) is 2. The molecule has 5 rings (SSSR count). The van der Waals surface area contributed by atoms with E-state index in [0.29, 0.717) is 17.5 Å². The van der Waals surface area contributed by atoms with Crippen molar-refractivity contribution in [2.45, 2.75) is 70.6 Å². The number of fused-ring (bicyclic) bond motifs is 2. The fraction of sp³-hybridized carbons (Fsp3) is 0.542. The number of nitrogens with zero attached hydrogens (tertiary/aromatic N) is 5. The summed E-state index contributed by atoms with van der Waals surface area (Å²) < 4.78 is 35.1. The predicted molar refractivity (Wildman–Crippen MR) is 126 cm³/mol. The Labute approximate surface area is 197 Å². The molecular weight excluding hydrogens is 440 g/mol. The molecule has 0 bridgehead atoms. The summed E-state index contributed by atoms with van der Waals surface area (Å²) in [5.74, 6) is 1.59. The second-order valence-electron chi connectivity index (χ2n) is 9.12. The molecule has 0 amide bonds. The molecule has 4 heterocycles. The molecular formula is C24H31F2N7O. The molecule has 1 saturated carbocycles. The highest BCUT2D eigenvalue weighted by Gasteiger charge is 2.29. The second-order valence-corrected chi connectivity index (χ2v) is 9.12. The minimum absolute atomic E-state index is 0.193. The molecule has 1 unspecified atom stereocenters. The number of unbranched alkanes of at least 4 members (excludes halogenated alkanes) is 1. The normalized spacial score (nSPS) is 22.5. The molecule has 1 aliphatic heterocycles. The van der Waals surface area contributed by atoms with E-state index in [1.165, 1.54) is 32.1 Å². The summed E-state index contributed by atoms with van der Waals surface area (Å²) in [6.45, 7) is 1.53. The number of rotatable bonds is 8. The Kier molecular flexibility index (Phi) is 6.75. The predicted octanol–water partition coefficient (Wildman–Crippen LogP) is 4.41. The van der Waals surface area contributed by atoms with E-state index >= 15 is 0 Å². The Morgan fingerprint density at radius 3 is 2.85 bits per heavy atom. The average molecular weight is 472 g/mol. The van der Waals surface area contributed by atoms with Gasteiger partial charge < -0.3 is 4.74 Å². The molecule has 10 heteroatoms. The highest BCUT2D eigenvalue weighted by molar-refractivity contribution is 6.00. The van der Waals surface area contributed by atoms with Gasteiger partial charge in [0.05, 0.1) is 0 Å². The summed E-state index contributed by atoms with van der Waals surface area (Å²) in [6.07, 6.45) is 14.4. The number of aromatic nitrogens is 4. The minimum atomic E-state index is -2.58. The maximum Gasteiger partial charge on any atom is 0.272 e. The van der Waals surface area contributed by atoms with Crippen molar-refractivity contribution in [1.82, 2.24) is 24.4 Å². The number of alkyl halides is 2. The van der Waals surface area contributed by atoms with E-state index in [1.54, 1.807) is 17.1 Å². The van der Waals surface area contributed by atoms with E-state index in [9.17, 15) is 8.78 Å². The van der Waals surface area contributed by atoms with Gasteiger partial charge in [0.2, 0.25) is 11.7 Å². The molecule has 1 aliphatic carbocycles. The van der Waals surface area contributed by atoms with E-state index in [1.807, 2.05) is 29.1 Å². The first-order chi connectivity index (χ1) is 16.6. The number of imidazole rings is 1. The van der Waals surface area contributed by atoms with E-state index in [-0.39, 0.29) is 5.90 Å². The molecule has 34 heavy (non-hydrogen) atoms. The third kappa shape index (κ3) is 4.91. The van der Waals surface area contributed by atoms with Gasteiger partial charge >= 0.3 is 0 Å². The van der Waals surface area contributed by atoms with Gasteiger partial charge in [0.1, 0.15) is 5.69 Å². The number of halogens is 2. The van der Waals surface area contributed by atoms with Crippen LogP contribution in [0.25, 0.3) is 16.9 Å². The SMILES string of the molecule is CCCCC1CCC(NC2N=C(OCC(F)F)c3c(-c4cnc5nccn5c4)ccn3N2)CC1. The van der Waals surface area contributed by atoms with Gasteiger partial charge in [0, 0.05) is 48.2 Å². The molecule has 1 fully saturated rings. The van der Waals surface area contributed by atoms with Crippen LogP contribution in [0.3, 0.4) is 0 Å². The summed E-state index contributed by atoms with van der Waals surface area (Å²) in [7, 11) is 0. The van der Waals surface area contributed by atoms with Crippen LogP contribution in [-0.4, -0.2) is 50.3 Å². The second kappa shape index (κ2) is 10.1. The van der Waals surface area contributed by atoms with Crippen molar-refractivity contribution in [3.8, 4) is 11.1 Å². The summed E-state index contributed by atoms with van der Waals surface area (Å²) in [6, 6.07) is 2.24. The van der Waals surface area contributed by atoms with Gasteiger partial charge in [-0.25, -0.2) is 23.7 Å². The summed E-state index contributed by atoms with van der Waals surface area (Å²) in [5, 5.41) is 3.55. The van der Waals surface area contributed by atoms with Crippen molar-refractivity contribution in [3.05, 3.63) is 42.7 Å². The van der Waals surface area contributed by atoms with Crippen LogP contribution in [-0.2, 0) is 4.74 Å². The zero-order chi connectivity index (χ0) is 23.5. The van der Waals surface area contributed by atoms with Gasteiger partial charge in [-0.1, -0.05) is 26.2 Å². The molecule has 0 radical (unpaired) electrons. The van der Waals surface area contributed by atoms with Gasteiger partial charge in [0.15, 0.2) is 12.9 Å². The number of ether oxygens (including phenoxy) is 1. The average Bonchev–Trinajstić information content (AvgIpc) is 3.48. The van der Waals surface area contributed by atoms with Gasteiger partial charge in [0.25, 0.3) is 6.43 Å². The summed E-state index contributed by atoms with van der Waals surface area (Å²) >= 11 is 0. The molecule has 2 N–H and O–H groups in total. The van der Waals surface area contributed by atoms with E-state index in [0.717, 1.165) is 29.9 Å². The topological polar surface area (TPSA) is 80.8 Å². The first-order valence-electron chi connectivity index (χ1n) is 12.1. The maximum absolute atomic E-state index is 13.0. The fourth-order valence-corrected chi connectivity index (χ4v) is 4.94. The first kappa shape index (κ1) is 22.8. The minimum Gasteiger partial charge on any atom is -0.470 e. The lowest BCUT2D eigenvalue weighted by molar-refractivity contribution is 0.0755. The lowest BCUT2D eigenvalue weighted by Gasteiger charge is -2.33. The third-order valence-corrected chi connectivity index (χ3v) is 6.71. The molecule has 0 saturated heterocycles. The van der Waals surface area contributed by atoms with Gasteiger partial charge in [-0.2, -0.15) is 0 Å². The number of hydrogen-bond acceptors (Lipinski definition) is 6. The van der Waals surface area contributed by atoms with Crippen LogP contribution < -0.4 is 10.7 Å². The smallest absolute Gasteiger partial charge is 0.272 e. The van der Waals surface area contributed by atoms with Crippen molar-refractivity contribution in [2.75, 3.05) is 12.0 Å². The molecule has 182 valence electrons. The highest BCUT2D eigenvalue weighted by atomic mass is 19.3.